The van der Waals surface area contributed by atoms with Crippen LogP contribution in [0.4, 0.5) is 0 Å². The van der Waals surface area contributed by atoms with E-state index in [9.17, 15) is 4.79 Å². The Morgan fingerprint density at radius 1 is 1.82 bits per heavy atom. The summed E-state index contributed by atoms with van der Waals surface area (Å²) in [6.45, 7) is 0. The summed E-state index contributed by atoms with van der Waals surface area (Å²) in [5.74, 6) is -0.236. The van der Waals surface area contributed by atoms with Gasteiger partial charge in [-0.1, -0.05) is 0 Å². The van der Waals surface area contributed by atoms with Crippen LogP contribution < -0.4 is 5.48 Å². The predicted octanol–water partition coefficient (Wildman–Crippen LogP) is 1.80. The van der Waals surface area contributed by atoms with E-state index in [0.29, 0.717) is 5.56 Å². The van der Waals surface area contributed by atoms with E-state index in [2.05, 4.69) is 26.2 Å². The Morgan fingerprint density at radius 2 is 2.55 bits per heavy atom. The van der Waals surface area contributed by atoms with E-state index < -0.39 is 0 Å². The van der Waals surface area contributed by atoms with E-state index in [1.807, 2.05) is 5.38 Å². The molecular weight excluding hydrogens is 230 g/mol. The Morgan fingerprint density at radius 3 is 3.00 bits per heavy atom. The molecule has 1 amide bonds. The van der Waals surface area contributed by atoms with Gasteiger partial charge in [0.25, 0.3) is 5.91 Å². The highest BCUT2D eigenvalue weighted by Crippen LogP contribution is 2.22. The summed E-state index contributed by atoms with van der Waals surface area (Å²) >= 11 is 4.70. The van der Waals surface area contributed by atoms with Gasteiger partial charge in [-0.15, -0.1) is 11.3 Å². The lowest BCUT2D eigenvalue weighted by molar-refractivity contribution is 0.0537. The van der Waals surface area contributed by atoms with Crippen molar-refractivity contribution in [3.05, 3.63) is 20.8 Å². The summed E-state index contributed by atoms with van der Waals surface area (Å²) < 4.78 is 0.812. The Balaban J connectivity index is 2.76. The first-order chi connectivity index (χ1) is 5.25. The molecular formula is C6H6BrNO2S. The van der Waals surface area contributed by atoms with Crippen LogP contribution in [0.5, 0.6) is 0 Å². The zero-order valence-corrected chi connectivity index (χ0v) is 8.16. The average molecular weight is 236 g/mol. The van der Waals surface area contributed by atoms with Crippen molar-refractivity contribution in [1.82, 2.24) is 5.48 Å². The smallest absolute Gasteiger partial charge is 0.276 e. The first kappa shape index (κ1) is 8.70. The van der Waals surface area contributed by atoms with Crippen LogP contribution in [0.1, 0.15) is 10.4 Å². The molecule has 3 nitrogen and oxygen atoms in total. The van der Waals surface area contributed by atoms with Crippen LogP contribution in [0.15, 0.2) is 15.2 Å². The number of thiophene rings is 1. The van der Waals surface area contributed by atoms with Crippen LogP contribution >= 0.6 is 27.3 Å². The van der Waals surface area contributed by atoms with E-state index >= 15 is 0 Å². The lowest BCUT2D eigenvalue weighted by atomic mass is 10.3. The van der Waals surface area contributed by atoms with Crippen LogP contribution in [0.2, 0.25) is 0 Å². The standard InChI is InChI=1S/C6H6BrNO2S/c1-10-8-6(9)4-2-3-11-5(4)7/h2-3H,1H3,(H,8,9). The highest BCUT2D eigenvalue weighted by Gasteiger charge is 2.09. The molecule has 0 fully saturated rings. The third-order valence-electron chi connectivity index (χ3n) is 1.06. The maximum atomic E-state index is 11.1. The Hall–Kier alpha value is -0.390. The molecule has 5 heteroatoms. The summed E-state index contributed by atoms with van der Waals surface area (Å²) in [7, 11) is 1.40. The molecule has 0 saturated heterocycles. The number of carbonyl (C=O) groups excluding carboxylic acids is 1. The summed E-state index contributed by atoms with van der Waals surface area (Å²) in [6.07, 6.45) is 0. The molecule has 0 bridgehead atoms. The largest absolute Gasteiger partial charge is 0.277 e. The highest BCUT2D eigenvalue weighted by molar-refractivity contribution is 9.11. The third kappa shape index (κ3) is 2.02. The lowest BCUT2D eigenvalue weighted by Gasteiger charge is -1.98. The predicted molar refractivity (Wildman–Crippen MR) is 46.5 cm³/mol. The van der Waals surface area contributed by atoms with Gasteiger partial charge in [-0.05, 0) is 27.4 Å². The summed E-state index contributed by atoms with van der Waals surface area (Å²) in [5.41, 5.74) is 2.82. The van der Waals surface area contributed by atoms with E-state index in [1.165, 1.54) is 18.4 Å². The number of nitrogens with one attached hydrogen (secondary N) is 1. The van der Waals surface area contributed by atoms with Gasteiger partial charge in [0.1, 0.15) is 0 Å². The molecule has 1 heterocycles. The van der Waals surface area contributed by atoms with Gasteiger partial charge in [0, 0.05) is 0 Å². The fourth-order valence-electron chi connectivity index (χ4n) is 0.603. The van der Waals surface area contributed by atoms with Gasteiger partial charge >= 0.3 is 0 Å². The minimum absolute atomic E-state index is 0.236. The van der Waals surface area contributed by atoms with Gasteiger partial charge in [0.2, 0.25) is 0 Å². The summed E-state index contributed by atoms with van der Waals surface area (Å²) in [4.78, 5) is 15.5. The van der Waals surface area contributed by atoms with Crippen LogP contribution in [0.25, 0.3) is 0 Å². The lowest BCUT2D eigenvalue weighted by Crippen LogP contribution is -2.21. The molecule has 60 valence electrons. The first-order valence-corrected chi connectivity index (χ1v) is 4.49. The summed E-state index contributed by atoms with van der Waals surface area (Å²) in [5, 5.41) is 1.83. The Bertz CT molecular complexity index is 261. The molecule has 1 rings (SSSR count). The molecule has 0 aliphatic carbocycles. The van der Waals surface area contributed by atoms with E-state index in [0.717, 1.165) is 3.79 Å². The number of carbonyl (C=O) groups is 1. The van der Waals surface area contributed by atoms with Crippen molar-refractivity contribution in [1.29, 1.82) is 0 Å². The number of hydroxylamine groups is 1. The van der Waals surface area contributed by atoms with Crippen LogP contribution in [-0.4, -0.2) is 13.0 Å². The molecule has 0 atom stereocenters. The number of hydrogen-bond acceptors (Lipinski definition) is 3. The Labute approximate surface area is 76.4 Å². The average Bonchev–Trinajstić information content (AvgIpc) is 2.36. The fourth-order valence-corrected chi connectivity index (χ4v) is 1.85. The van der Waals surface area contributed by atoms with Crippen molar-refractivity contribution >= 4 is 33.2 Å². The van der Waals surface area contributed by atoms with Gasteiger partial charge in [-0.25, -0.2) is 5.48 Å². The maximum absolute atomic E-state index is 11.1. The minimum atomic E-state index is -0.236. The number of halogens is 1. The molecule has 0 radical (unpaired) electrons. The van der Waals surface area contributed by atoms with E-state index in [-0.39, 0.29) is 5.91 Å². The monoisotopic (exact) mass is 235 g/mol. The van der Waals surface area contributed by atoms with Gasteiger partial charge in [0.05, 0.1) is 16.5 Å². The molecule has 0 aromatic carbocycles. The molecule has 0 aliphatic heterocycles. The number of rotatable bonds is 2. The minimum Gasteiger partial charge on any atom is -0.277 e. The van der Waals surface area contributed by atoms with Gasteiger partial charge < -0.3 is 0 Å². The fraction of sp³-hybridized carbons (Fsp3) is 0.167. The van der Waals surface area contributed by atoms with Crippen molar-refractivity contribution in [2.45, 2.75) is 0 Å². The molecule has 1 N–H and O–H groups in total. The van der Waals surface area contributed by atoms with Crippen molar-refractivity contribution in [3.8, 4) is 0 Å². The molecule has 1 aromatic heterocycles. The van der Waals surface area contributed by atoms with Crippen LogP contribution in [0.3, 0.4) is 0 Å². The van der Waals surface area contributed by atoms with Crippen molar-refractivity contribution in [3.63, 3.8) is 0 Å². The normalized spacial score (nSPS) is 9.64. The molecule has 11 heavy (non-hydrogen) atoms. The molecule has 0 aliphatic rings. The van der Waals surface area contributed by atoms with Crippen molar-refractivity contribution in [2.24, 2.45) is 0 Å². The molecule has 0 unspecified atom stereocenters. The second-order valence-electron chi connectivity index (χ2n) is 1.74. The van der Waals surface area contributed by atoms with Gasteiger partial charge in [-0.2, -0.15) is 0 Å². The molecule has 0 spiro atoms. The quantitative estimate of drug-likeness (QED) is 0.795. The highest BCUT2D eigenvalue weighted by atomic mass is 79.9. The number of amides is 1. The Kier molecular flexibility index (Phi) is 3.04. The SMILES string of the molecule is CONC(=O)c1ccsc1Br. The topological polar surface area (TPSA) is 38.3 Å². The van der Waals surface area contributed by atoms with Gasteiger partial charge in [0.15, 0.2) is 0 Å². The zero-order valence-electron chi connectivity index (χ0n) is 5.76. The van der Waals surface area contributed by atoms with Crippen molar-refractivity contribution in [2.75, 3.05) is 7.11 Å². The second-order valence-corrected chi connectivity index (χ2v) is 3.98. The third-order valence-corrected chi connectivity index (χ3v) is 2.74. The van der Waals surface area contributed by atoms with Crippen molar-refractivity contribution < 1.29 is 9.63 Å². The second kappa shape index (κ2) is 3.85. The van der Waals surface area contributed by atoms with Crippen LogP contribution in [0, 0.1) is 0 Å². The molecule has 0 saturated carbocycles. The number of hydrogen-bond donors (Lipinski definition) is 1. The zero-order chi connectivity index (χ0) is 8.27. The molecule has 1 aromatic rings. The first-order valence-electron chi connectivity index (χ1n) is 2.82. The van der Waals surface area contributed by atoms with E-state index in [1.54, 1.807) is 6.07 Å². The summed E-state index contributed by atoms with van der Waals surface area (Å²) in [6, 6.07) is 1.73. The van der Waals surface area contributed by atoms with E-state index in [4.69, 9.17) is 0 Å². The maximum Gasteiger partial charge on any atom is 0.276 e. The van der Waals surface area contributed by atoms with Crippen LogP contribution in [-0.2, 0) is 4.84 Å². The van der Waals surface area contributed by atoms with Gasteiger partial charge in [-0.3, -0.25) is 9.63 Å².